The monoisotopic (exact) mass is 418 g/mol. The second-order valence-electron chi connectivity index (χ2n) is 4.17. The van der Waals surface area contributed by atoms with Crippen LogP contribution in [0.3, 0.4) is 0 Å². The SMILES string of the molecule is Cc1cccc(CNS(=O)(=O)c2cc(Br)ccc2Br)n1. The standard InChI is InChI=1S/C13H12Br2N2O2S/c1-9-3-2-4-11(17-9)8-16-20(18,19)13-7-10(14)5-6-12(13)15/h2-7,16H,8H2,1H3. The zero-order valence-corrected chi connectivity index (χ0v) is 14.6. The van der Waals surface area contributed by atoms with Crippen molar-refractivity contribution in [2.24, 2.45) is 0 Å². The molecule has 1 heterocycles. The minimum Gasteiger partial charge on any atom is -0.257 e. The molecule has 7 heteroatoms. The smallest absolute Gasteiger partial charge is 0.242 e. The van der Waals surface area contributed by atoms with Crippen LogP contribution in [0.5, 0.6) is 0 Å². The minimum atomic E-state index is -3.59. The van der Waals surface area contributed by atoms with E-state index in [0.717, 1.165) is 5.69 Å². The Hall–Kier alpha value is -0.760. The van der Waals surface area contributed by atoms with E-state index in [2.05, 4.69) is 41.6 Å². The summed E-state index contributed by atoms with van der Waals surface area (Å²) < 4.78 is 28.3. The van der Waals surface area contributed by atoms with Gasteiger partial charge in [-0.3, -0.25) is 4.98 Å². The van der Waals surface area contributed by atoms with Gasteiger partial charge in [-0.2, -0.15) is 0 Å². The third-order valence-electron chi connectivity index (χ3n) is 2.57. The maximum atomic E-state index is 12.3. The van der Waals surface area contributed by atoms with E-state index in [4.69, 9.17) is 0 Å². The molecule has 0 fully saturated rings. The molecular formula is C13H12Br2N2O2S. The summed E-state index contributed by atoms with van der Waals surface area (Å²) in [5.41, 5.74) is 1.53. The number of sulfonamides is 1. The zero-order valence-electron chi connectivity index (χ0n) is 10.6. The van der Waals surface area contributed by atoms with Crippen molar-refractivity contribution in [2.75, 3.05) is 0 Å². The molecule has 0 aliphatic carbocycles. The van der Waals surface area contributed by atoms with Crippen LogP contribution in [0, 0.1) is 6.92 Å². The van der Waals surface area contributed by atoms with Crippen LogP contribution in [-0.4, -0.2) is 13.4 Å². The molecule has 0 unspecified atom stereocenters. The van der Waals surface area contributed by atoms with Gasteiger partial charge in [-0.25, -0.2) is 13.1 Å². The van der Waals surface area contributed by atoms with Crippen molar-refractivity contribution in [1.82, 2.24) is 9.71 Å². The van der Waals surface area contributed by atoms with Crippen molar-refractivity contribution in [3.8, 4) is 0 Å². The van der Waals surface area contributed by atoms with Crippen molar-refractivity contribution in [3.05, 3.63) is 56.7 Å². The Morgan fingerprint density at radius 3 is 2.65 bits per heavy atom. The van der Waals surface area contributed by atoms with Crippen molar-refractivity contribution < 1.29 is 8.42 Å². The number of aromatic nitrogens is 1. The summed E-state index contributed by atoms with van der Waals surface area (Å²) in [4.78, 5) is 4.46. The topological polar surface area (TPSA) is 59.1 Å². The van der Waals surface area contributed by atoms with Crippen molar-refractivity contribution in [1.29, 1.82) is 0 Å². The number of hydrogen-bond donors (Lipinski definition) is 1. The van der Waals surface area contributed by atoms with E-state index >= 15 is 0 Å². The van der Waals surface area contributed by atoms with Gasteiger partial charge in [0.15, 0.2) is 0 Å². The molecule has 106 valence electrons. The van der Waals surface area contributed by atoms with E-state index in [9.17, 15) is 8.42 Å². The largest absolute Gasteiger partial charge is 0.257 e. The first-order valence-corrected chi connectivity index (χ1v) is 8.83. The number of pyridine rings is 1. The molecule has 4 nitrogen and oxygen atoms in total. The highest BCUT2D eigenvalue weighted by atomic mass is 79.9. The van der Waals surface area contributed by atoms with Gasteiger partial charge < -0.3 is 0 Å². The van der Waals surface area contributed by atoms with Gasteiger partial charge in [0.05, 0.1) is 17.1 Å². The lowest BCUT2D eigenvalue weighted by molar-refractivity contribution is 0.580. The Morgan fingerprint density at radius 1 is 1.20 bits per heavy atom. The highest BCUT2D eigenvalue weighted by molar-refractivity contribution is 9.11. The van der Waals surface area contributed by atoms with E-state index in [0.29, 0.717) is 14.6 Å². The Kier molecular flexibility index (Phi) is 4.95. The van der Waals surface area contributed by atoms with Gasteiger partial charge in [-0.15, -0.1) is 0 Å². The second kappa shape index (κ2) is 6.34. The predicted octanol–water partition coefficient (Wildman–Crippen LogP) is 3.39. The molecule has 0 atom stereocenters. The molecule has 1 aromatic carbocycles. The highest BCUT2D eigenvalue weighted by Gasteiger charge is 2.17. The van der Waals surface area contributed by atoms with Gasteiger partial charge in [0.1, 0.15) is 0 Å². The number of halogens is 2. The molecule has 0 amide bonds. The minimum absolute atomic E-state index is 0.156. The number of benzene rings is 1. The third-order valence-corrected chi connectivity index (χ3v) is 5.46. The van der Waals surface area contributed by atoms with Crippen molar-refractivity contribution in [2.45, 2.75) is 18.4 Å². The zero-order chi connectivity index (χ0) is 14.8. The summed E-state index contributed by atoms with van der Waals surface area (Å²) in [6.45, 7) is 2.02. The van der Waals surface area contributed by atoms with Gasteiger partial charge >= 0.3 is 0 Å². The fourth-order valence-electron chi connectivity index (χ4n) is 1.63. The molecule has 2 aromatic rings. The lowest BCUT2D eigenvalue weighted by Gasteiger charge is -2.09. The average Bonchev–Trinajstić information content (AvgIpc) is 2.39. The Balaban J connectivity index is 2.21. The van der Waals surface area contributed by atoms with Gasteiger partial charge in [-0.05, 0) is 53.2 Å². The van der Waals surface area contributed by atoms with Gasteiger partial charge in [0.25, 0.3) is 0 Å². The lowest BCUT2D eigenvalue weighted by atomic mass is 10.3. The fraction of sp³-hybridized carbons (Fsp3) is 0.154. The first-order valence-electron chi connectivity index (χ1n) is 5.76. The molecular weight excluding hydrogens is 408 g/mol. The normalized spacial score (nSPS) is 11.6. The number of nitrogens with zero attached hydrogens (tertiary/aromatic N) is 1. The Morgan fingerprint density at radius 2 is 1.95 bits per heavy atom. The Labute approximate surface area is 134 Å². The maximum Gasteiger partial charge on any atom is 0.242 e. The van der Waals surface area contributed by atoms with E-state index in [-0.39, 0.29) is 11.4 Å². The van der Waals surface area contributed by atoms with E-state index in [1.807, 2.05) is 19.1 Å². The van der Waals surface area contributed by atoms with Gasteiger partial charge in [0, 0.05) is 14.6 Å². The van der Waals surface area contributed by atoms with Gasteiger partial charge in [-0.1, -0.05) is 22.0 Å². The highest BCUT2D eigenvalue weighted by Crippen LogP contribution is 2.25. The first kappa shape index (κ1) is 15.6. The third kappa shape index (κ3) is 3.88. The molecule has 0 saturated heterocycles. The summed E-state index contributed by atoms with van der Waals surface area (Å²) in [5.74, 6) is 0. The quantitative estimate of drug-likeness (QED) is 0.826. The molecule has 0 bridgehead atoms. The molecule has 0 spiro atoms. The van der Waals surface area contributed by atoms with Crippen LogP contribution in [0.15, 0.2) is 50.2 Å². The van der Waals surface area contributed by atoms with Crippen molar-refractivity contribution in [3.63, 3.8) is 0 Å². The first-order chi connectivity index (χ1) is 9.38. The fourth-order valence-corrected chi connectivity index (χ4v) is 4.13. The molecule has 0 radical (unpaired) electrons. The van der Waals surface area contributed by atoms with Crippen LogP contribution in [0.4, 0.5) is 0 Å². The summed E-state index contributed by atoms with van der Waals surface area (Å²) in [7, 11) is -3.59. The van der Waals surface area contributed by atoms with Crippen LogP contribution < -0.4 is 4.72 Å². The van der Waals surface area contributed by atoms with Crippen LogP contribution >= 0.6 is 31.9 Å². The maximum absolute atomic E-state index is 12.3. The van der Waals surface area contributed by atoms with Crippen LogP contribution in [0.25, 0.3) is 0 Å². The molecule has 1 aromatic heterocycles. The van der Waals surface area contributed by atoms with Crippen molar-refractivity contribution >= 4 is 41.9 Å². The molecule has 0 aliphatic heterocycles. The van der Waals surface area contributed by atoms with Crippen LogP contribution in [-0.2, 0) is 16.6 Å². The molecule has 2 rings (SSSR count). The van der Waals surface area contributed by atoms with Crippen LogP contribution in [0.1, 0.15) is 11.4 Å². The number of hydrogen-bond acceptors (Lipinski definition) is 3. The molecule has 0 saturated carbocycles. The molecule has 20 heavy (non-hydrogen) atoms. The number of rotatable bonds is 4. The van der Waals surface area contributed by atoms with E-state index < -0.39 is 10.0 Å². The lowest BCUT2D eigenvalue weighted by Crippen LogP contribution is -2.24. The summed E-state index contributed by atoms with van der Waals surface area (Å²) in [5, 5.41) is 0. The summed E-state index contributed by atoms with van der Waals surface area (Å²) in [6, 6.07) is 10.5. The van der Waals surface area contributed by atoms with Crippen LogP contribution in [0.2, 0.25) is 0 Å². The Bertz CT molecular complexity index is 733. The van der Waals surface area contributed by atoms with Gasteiger partial charge in [0.2, 0.25) is 10.0 Å². The average molecular weight is 420 g/mol. The summed E-state index contributed by atoms with van der Waals surface area (Å²) in [6.07, 6.45) is 0. The number of aryl methyl sites for hydroxylation is 1. The molecule has 0 aliphatic rings. The molecule has 1 N–H and O–H groups in total. The van der Waals surface area contributed by atoms with E-state index in [1.165, 1.54) is 0 Å². The van der Waals surface area contributed by atoms with E-state index in [1.54, 1.807) is 24.3 Å². The second-order valence-corrected chi connectivity index (χ2v) is 7.67. The number of nitrogens with one attached hydrogen (secondary N) is 1. The predicted molar refractivity (Wildman–Crippen MR) is 84.8 cm³/mol. The summed E-state index contributed by atoms with van der Waals surface area (Å²) >= 11 is 6.52.